The Bertz CT molecular complexity index is 527. The van der Waals surface area contributed by atoms with Crippen LogP contribution in [0.25, 0.3) is 0 Å². The highest BCUT2D eigenvalue weighted by Gasteiger charge is 2.33. The van der Waals surface area contributed by atoms with E-state index in [1.165, 1.54) is 12.8 Å². The molecule has 1 aromatic heterocycles. The Kier molecular flexibility index (Phi) is 4.76. The van der Waals surface area contributed by atoms with Crippen molar-refractivity contribution in [2.45, 2.75) is 64.5 Å². The molecule has 2 heterocycles. The van der Waals surface area contributed by atoms with Gasteiger partial charge in [0.2, 0.25) is 5.91 Å². The molecule has 122 valence electrons. The fraction of sp³-hybridized carbons (Fsp3) is 0.812. The monoisotopic (exact) mass is 305 g/mol. The number of aromatic nitrogens is 3. The van der Waals surface area contributed by atoms with Crippen molar-refractivity contribution in [1.29, 1.82) is 0 Å². The van der Waals surface area contributed by atoms with Gasteiger partial charge in [-0.1, -0.05) is 12.8 Å². The highest BCUT2D eigenvalue weighted by Crippen LogP contribution is 2.31. The minimum Gasteiger partial charge on any atom is -0.346 e. The summed E-state index contributed by atoms with van der Waals surface area (Å²) in [4.78, 5) is 12.5. The van der Waals surface area contributed by atoms with Gasteiger partial charge in [-0.05, 0) is 45.1 Å². The Morgan fingerprint density at radius 1 is 1.32 bits per heavy atom. The van der Waals surface area contributed by atoms with Gasteiger partial charge in [0, 0.05) is 18.9 Å². The molecule has 1 amide bonds. The predicted molar refractivity (Wildman–Crippen MR) is 84.0 cm³/mol. The summed E-state index contributed by atoms with van der Waals surface area (Å²) in [6.45, 7) is 3.58. The van der Waals surface area contributed by atoms with Crippen LogP contribution >= 0.6 is 0 Å². The summed E-state index contributed by atoms with van der Waals surface area (Å²) < 4.78 is 2.20. The minimum atomic E-state index is -0.0918. The molecule has 3 rings (SSSR count). The van der Waals surface area contributed by atoms with Gasteiger partial charge in [0.15, 0.2) is 5.82 Å². The molecule has 1 aliphatic heterocycles. The molecule has 22 heavy (non-hydrogen) atoms. The minimum absolute atomic E-state index is 0.0685. The van der Waals surface area contributed by atoms with Crippen LogP contribution < -0.4 is 11.1 Å². The number of fused-ring (bicyclic) bond motifs is 1. The Hall–Kier alpha value is -1.43. The zero-order valence-corrected chi connectivity index (χ0v) is 13.4. The average molecular weight is 305 g/mol. The van der Waals surface area contributed by atoms with E-state index in [9.17, 15) is 4.79 Å². The number of hydrogen-bond donors (Lipinski definition) is 2. The summed E-state index contributed by atoms with van der Waals surface area (Å²) in [5.74, 6) is 2.50. The zero-order valence-electron chi connectivity index (χ0n) is 13.4. The second-order valence-electron chi connectivity index (χ2n) is 6.70. The van der Waals surface area contributed by atoms with Crippen molar-refractivity contribution in [3.05, 3.63) is 11.6 Å². The SMILES string of the molecule is C[C@@H](NC(=O)[C@@H]1CCC[C@@H]1CN)c1nnc2n1CCCCC2. The lowest BCUT2D eigenvalue weighted by Crippen LogP contribution is -2.37. The van der Waals surface area contributed by atoms with Gasteiger partial charge in [-0.2, -0.15) is 0 Å². The molecule has 0 aromatic carbocycles. The van der Waals surface area contributed by atoms with E-state index in [2.05, 4.69) is 20.1 Å². The van der Waals surface area contributed by atoms with Gasteiger partial charge >= 0.3 is 0 Å². The zero-order chi connectivity index (χ0) is 15.5. The first kappa shape index (κ1) is 15.5. The molecule has 0 unspecified atom stereocenters. The number of carbonyl (C=O) groups is 1. The van der Waals surface area contributed by atoms with Crippen molar-refractivity contribution >= 4 is 5.91 Å². The average Bonchev–Trinajstić information content (AvgIpc) is 3.08. The van der Waals surface area contributed by atoms with Crippen LogP contribution in [0.3, 0.4) is 0 Å². The van der Waals surface area contributed by atoms with E-state index in [-0.39, 0.29) is 17.9 Å². The van der Waals surface area contributed by atoms with E-state index < -0.39 is 0 Å². The normalized spacial score (nSPS) is 26.3. The Morgan fingerprint density at radius 2 is 2.18 bits per heavy atom. The summed E-state index contributed by atoms with van der Waals surface area (Å²) in [7, 11) is 0. The highest BCUT2D eigenvalue weighted by molar-refractivity contribution is 5.79. The maximum atomic E-state index is 12.5. The molecule has 2 aliphatic rings. The first-order valence-corrected chi connectivity index (χ1v) is 8.63. The number of amides is 1. The molecule has 3 N–H and O–H groups in total. The van der Waals surface area contributed by atoms with Crippen molar-refractivity contribution < 1.29 is 4.79 Å². The largest absolute Gasteiger partial charge is 0.346 e. The third-order valence-corrected chi connectivity index (χ3v) is 5.18. The number of carbonyl (C=O) groups excluding carboxylic acids is 1. The van der Waals surface area contributed by atoms with Gasteiger partial charge in [-0.3, -0.25) is 4.79 Å². The number of nitrogens with two attached hydrogens (primary N) is 1. The summed E-state index contributed by atoms with van der Waals surface area (Å²) >= 11 is 0. The van der Waals surface area contributed by atoms with E-state index in [4.69, 9.17) is 5.73 Å². The first-order chi connectivity index (χ1) is 10.7. The molecule has 6 nitrogen and oxygen atoms in total. The van der Waals surface area contributed by atoms with Crippen LogP contribution in [-0.2, 0) is 17.8 Å². The fourth-order valence-electron chi connectivity index (χ4n) is 3.88. The molecule has 1 aromatic rings. The van der Waals surface area contributed by atoms with Crippen LogP contribution in [0.4, 0.5) is 0 Å². The number of hydrogen-bond acceptors (Lipinski definition) is 4. The quantitative estimate of drug-likeness (QED) is 0.884. The predicted octanol–water partition coefficient (Wildman–Crippen LogP) is 1.56. The van der Waals surface area contributed by atoms with Crippen molar-refractivity contribution in [1.82, 2.24) is 20.1 Å². The van der Waals surface area contributed by atoms with Crippen LogP contribution in [0.15, 0.2) is 0 Å². The van der Waals surface area contributed by atoms with E-state index in [0.29, 0.717) is 12.5 Å². The van der Waals surface area contributed by atoms with Crippen LogP contribution in [-0.4, -0.2) is 27.2 Å². The van der Waals surface area contributed by atoms with Gasteiger partial charge in [0.1, 0.15) is 5.82 Å². The van der Waals surface area contributed by atoms with Gasteiger partial charge < -0.3 is 15.6 Å². The fourth-order valence-corrected chi connectivity index (χ4v) is 3.88. The molecule has 0 spiro atoms. The van der Waals surface area contributed by atoms with Crippen molar-refractivity contribution in [3.63, 3.8) is 0 Å². The summed E-state index contributed by atoms with van der Waals surface area (Å²) in [6.07, 6.45) is 7.71. The molecular formula is C16H27N5O. The second kappa shape index (κ2) is 6.77. The summed E-state index contributed by atoms with van der Waals surface area (Å²) in [6, 6.07) is -0.0918. The van der Waals surface area contributed by atoms with E-state index >= 15 is 0 Å². The smallest absolute Gasteiger partial charge is 0.224 e. The molecule has 0 saturated heterocycles. The lowest BCUT2D eigenvalue weighted by atomic mass is 9.95. The summed E-state index contributed by atoms with van der Waals surface area (Å²) in [5, 5.41) is 11.8. The Morgan fingerprint density at radius 3 is 3.00 bits per heavy atom. The molecule has 1 saturated carbocycles. The molecule has 6 heteroatoms. The summed E-state index contributed by atoms with van der Waals surface area (Å²) in [5.41, 5.74) is 5.79. The van der Waals surface area contributed by atoms with Crippen LogP contribution in [0.2, 0.25) is 0 Å². The maximum absolute atomic E-state index is 12.5. The molecule has 3 atom stereocenters. The molecule has 0 bridgehead atoms. The molecule has 1 aliphatic carbocycles. The Balaban J connectivity index is 1.68. The molecule has 0 radical (unpaired) electrons. The maximum Gasteiger partial charge on any atom is 0.224 e. The van der Waals surface area contributed by atoms with E-state index in [1.54, 1.807) is 0 Å². The van der Waals surface area contributed by atoms with Gasteiger partial charge in [0.25, 0.3) is 0 Å². The van der Waals surface area contributed by atoms with E-state index in [1.807, 2.05) is 6.92 Å². The number of nitrogens with zero attached hydrogens (tertiary/aromatic N) is 3. The third-order valence-electron chi connectivity index (χ3n) is 5.18. The van der Waals surface area contributed by atoms with Crippen molar-refractivity contribution in [3.8, 4) is 0 Å². The van der Waals surface area contributed by atoms with Crippen LogP contribution in [0.1, 0.15) is 63.1 Å². The van der Waals surface area contributed by atoms with Gasteiger partial charge in [0.05, 0.1) is 6.04 Å². The lowest BCUT2D eigenvalue weighted by Gasteiger charge is -2.21. The van der Waals surface area contributed by atoms with Crippen molar-refractivity contribution in [2.24, 2.45) is 17.6 Å². The Labute approximate surface area is 131 Å². The van der Waals surface area contributed by atoms with E-state index in [0.717, 1.165) is 50.3 Å². The third kappa shape index (κ3) is 3.02. The lowest BCUT2D eigenvalue weighted by molar-refractivity contribution is -0.126. The topological polar surface area (TPSA) is 85.8 Å². The van der Waals surface area contributed by atoms with Crippen molar-refractivity contribution in [2.75, 3.05) is 6.54 Å². The molecule has 1 fully saturated rings. The number of nitrogens with one attached hydrogen (secondary N) is 1. The number of rotatable bonds is 4. The van der Waals surface area contributed by atoms with Crippen LogP contribution in [0, 0.1) is 11.8 Å². The molecular weight excluding hydrogens is 278 g/mol. The number of aryl methyl sites for hydroxylation is 1. The first-order valence-electron chi connectivity index (χ1n) is 8.63. The second-order valence-corrected chi connectivity index (χ2v) is 6.70. The highest BCUT2D eigenvalue weighted by atomic mass is 16.2. The van der Waals surface area contributed by atoms with Gasteiger partial charge in [-0.25, -0.2) is 0 Å². The standard InChI is InChI=1S/C16H27N5O/c1-11(18-16(22)13-7-5-6-12(13)10-17)15-20-19-14-8-3-2-4-9-21(14)15/h11-13H,2-10,17H2,1H3,(H,18,22)/t11-,12-,13-/m1/s1. The van der Waals surface area contributed by atoms with Crippen LogP contribution in [0.5, 0.6) is 0 Å². The van der Waals surface area contributed by atoms with Gasteiger partial charge in [-0.15, -0.1) is 10.2 Å².